The highest BCUT2D eigenvalue weighted by Crippen LogP contribution is 2.24. The molecule has 2 heterocycles. The van der Waals surface area contributed by atoms with Crippen LogP contribution in [-0.4, -0.2) is 76.4 Å². The van der Waals surface area contributed by atoms with Gasteiger partial charge in [0.1, 0.15) is 11.7 Å². The van der Waals surface area contributed by atoms with Gasteiger partial charge in [0.25, 0.3) is 0 Å². The van der Waals surface area contributed by atoms with Gasteiger partial charge >= 0.3 is 0 Å². The number of nitrogens with zero attached hydrogens (tertiary/aromatic N) is 2. The van der Waals surface area contributed by atoms with E-state index in [0.717, 1.165) is 38.0 Å². The van der Waals surface area contributed by atoms with Crippen molar-refractivity contribution in [3.8, 4) is 0 Å². The monoisotopic (exact) mass is 451 g/mol. The van der Waals surface area contributed by atoms with E-state index in [1.807, 2.05) is 36.4 Å². The van der Waals surface area contributed by atoms with E-state index < -0.39 is 11.7 Å². The Kier molecular flexibility index (Phi) is 8.15. The molecule has 2 fully saturated rings. The van der Waals surface area contributed by atoms with Crippen LogP contribution in [0.15, 0.2) is 60.7 Å². The number of hydrogen-bond acceptors (Lipinski definition) is 5. The molecule has 33 heavy (non-hydrogen) atoms. The maximum absolute atomic E-state index is 12.6. The molecule has 2 aliphatic heterocycles. The largest absolute Gasteiger partial charge is 0.388 e. The SMILES string of the molecule is O=C(CCc1ccccc1)N1CC[C@](O)(CNC2CCN(Cc3ccccc3)CC2)[C@@H](O)C1. The van der Waals surface area contributed by atoms with E-state index >= 15 is 0 Å². The van der Waals surface area contributed by atoms with Gasteiger partial charge in [0.05, 0.1) is 0 Å². The van der Waals surface area contributed by atoms with E-state index in [9.17, 15) is 15.0 Å². The molecule has 0 spiro atoms. The molecule has 0 radical (unpaired) electrons. The first-order valence-electron chi connectivity index (χ1n) is 12.2. The molecule has 0 saturated carbocycles. The molecule has 2 saturated heterocycles. The zero-order valence-corrected chi connectivity index (χ0v) is 19.4. The number of amides is 1. The smallest absolute Gasteiger partial charge is 0.222 e. The van der Waals surface area contributed by atoms with E-state index in [2.05, 4.69) is 34.5 Å². The number of piperidine rings is 2. The minimum Gasteiger partial charge on any atom is -0.388 e. The third-order valence-electron chi connectivity index (χ3n) is 7.18. The second-order valence-electron chi connectivity index (χ2n) is 9.61. The maximum atomic E-state index is 12.6. The fourth-order valence-corrected chi connectivity index (χ4v) is 4.91. The topological polar surface area (TPSA) is 76.0 Å². The summed E-state index contributed by atoms with van der Waals surface area (Å²) in [7, 11) is 0. The van der Waals surface area contributed by atoms with Crippen LogP contribution in [0.3, 0.4) is 0 Å². The highest BCUT2D eigenvalue weighted by atomic mass is 16.3. The summed E-state index contributed by atoms with van der Waals surface area (Å²) >= 11 is 0. The summed E-state index contributed by atoms with van der Waals surface area (Å²) in [5.74, 6) is 0.0405. The van der Waals surface area contributed by atoms with Crippen LogP contribution in [0.2, 0.25) is 0 Å². The standard InChI is InChI=1S/C27H37N3O3/c31-25-20-30(26(32)12-11-22-7-3-1-4-8-22)18-15-27(25,33)21-28-24-13-16-29(17-14-24)19-23-9-5-2-6-10-23/h1-10,24-25,28,31,33H,11-21H2/t25-,27-/m0/s1. The number of carbonyl (C=O) groups is 1. The number of benzene rings is 2. The molecule has 4 rings (SSSR count). The lowest BCUT2D eigenvalue weighted by Gasteiger charge is -2.43. The van der Waals surface area contributed by atoms with E-state index in [0.29, 0.717) is 38.4 Å². The number of aryl methyl sites for hydroxylation is 1. The van der Waals surface area contributed by atoms with Crippen LogP contribution in [-0.2, 0) is 17.8 Å². The Morgan fingerprint density at radius 2 is 1.61 bits per heavy atom. The van der Waals surface area contributed by atoms with Gasteiger partial charge in [-0.15, -0.1) is 0 Å². The number of aliphatic hydroxyl groups is 2. The molecule has 2 atom stereocenters. The molecule has 2 aliphatic rings. The Morgan fingerprint density at radius 1 is 0.970 bits per heavy atom. The number of carbonyl (C=O) groups excluding carboxylic acids is 1. The van der Waals surface area contributed by atoms with E-state index in [1.54, 1.807) is 4.90 Å². The fraction of sp³-hybridized carbons (Fsp3) is 0.519. The summed E-state index contributed by atoms with van der Waals surface area (Å²) in [6.07, 6.45) is 2.64. The zero-order valence-electron chi connectivity index (χ0n) is 19.4. The van der Waals surface area contributed by atoms with E-state index in [4.69, 9.17) is 0 Å². The quantitative estimate of drug-likeness (QED) is 0.574. The van der Waals surface area contributed by atoms with Crippen LogP contribution in [0, 0.1) is 0 Å². The first-order chi connectivity index (χ1) is 16.0. The van der Waals surface area contributed by atoms with E-state index in [-0.39, 0.29) is 12.5 Å². The molecule has 0 bridgehead atoms. The summed E-state index contributed by atoms with van der Waals surface area (Å²) < 4.78 is 0. The highest BCUT2D eigenvalue weighted by Gasteiger charge is 2.42. The molecular weight excluding hydrogens is 414 g/mol. The molecule has 0 aliphatic carbocycles. The molecule has 0 aromatic heterocycles. The maximum Gasteiger partial charge on any atom is 0.222 e. The van der Waals surface area contributed by atoms with Crippen molar-refractivity contribution in [3.05, 3.63) is 71.8 Å². The molecule has 178 valence electrons. The number of hydrogen-bond donors (Lipinski definition) is 3. The minimum atomic E-state index is -1.18. The van der Waals surface area contributed by atoms with Crippen molar-refractivity contribution in [1.82, 2.24) is 15.1 Å². The predicted octanol–water partition coefficient (Wildman–Crippen LogP) is 2.20. The minimum absolute atomic E-state index is 0.0405. The number of rotatable bonds is 8. The zero-order chi connectivity index (χ0) is 23.1. The van der Waals surface area contributed by atoms with Crippen molar-refractivity contribution in [2.45, 2.75) is 56.4 Å². The van der Waals surface area contributed by atoms with Gasteiger partial charge in [-0.1, -0.05) is 60.7 Å². The molecule has 0 unspecified atom stereocenters. The van der Waals surface area contributed by atoms with Crippen LogP contribution < -0.4 is 5.32 Å². The van der Waals surface area contributed by atoms with Gasteiger partial charge in [-0.2, -0.15) is 0 Å². The van der Waals surface area contributed by atoms with Crippen LogP contribution in [0.25, 0.3) is 0 Å². The van der Waals surface area contributed by atoms with Crippen molar-refractivity contribution in [1.29, 1.82) is 0 Å². The van der Waals surface area contributed by atoms with Crippen molar-refractivity contribution < 1.29 is 15.0 Å². The van der Waals surface area contributed by atoms with E-state index in [1.165, 1.54) is 5.56 Å². The van der Waals surface area contributed by atoms with Crippen LogP contribution in [0.1, 0.15) is 36.8 Å². The number of nitrogens with one attached hydrogen (secondary N) is 1. The van der Waals surface area contributed by atoms with Crippen LogP contribution >= 0.6 is 0 Å². The van der Waals surface area contributed by atoms with Crippen LogP contribution in [0.4, 0.5) is 0 Å². The molecule has 2 aromatic rings. The fourth-order valence-electron chi connectivity index (χ4n) is 4.91. The first kappa shape index (κ1) is 23.9. The van der Waals surface area contributed by atoms with Gasteiger partial charge in [0.15, 0.2) is 0 Å². The molecule has 3 N–H and O–H groups in total. The van der Waals surface area contributed by atoms with Gasteiger partial charge in [-0.25, -0.2) is 0 Å². The Bertz CT molecular complexity index is 871. The summed E-state index contributed by atoms with van der Waals surface area (Å²) in [5, 5.41) is 25.2. The lowest BCUT2D eigenvalue weighted by molar-refractivity contribution is -0.149. The van der Waals surface area contributed by atoms with Crippen LogP contribution in [0.5, 0.6) is 0 Å². The molecule has 6 heteroatoms. The highest BCUT2D eigenvalue weighted by molar-refractivity contribution is 5.76. The average molecular weight is 452 g/mol. The van der Waals surface area contributed by atoms with Crippen molar-refractivity contribution in [3.63, 3.8) is 0 Å². The predicted molar refractivity (Wildman–Crippen MR) is 130 cm³/mol. The summed E-state index contributed by atoms with van der Waals surface area (Å²) in [6, 6.07) is 20.9. The van der Waals surface area contributed by atoms with Crippen molar-refractivity contribution in [2.24, 2.45) is 0 Å². The van der Waals surface area contributed by atoms with Crippen molar-refractivity contribution >= 4 is 5.91 Å². The third kappa shape index (κ3) is 6.64. The second-order valence-corrected chi connectivity index (χ2v) is 9.61. The summed E-state index contributed by atoms with van der Waals surface area (Å²) in [6.45, 7) is 4.07. The normalized spacial score (nSPS) is 24.7. The third-order valence-corrected chi connectivity index (χ3v) is 7.18. The summed E-state index contributed by atoms with van der Waals surface area (Å²) in [4.78, 5) is 16.8. The Morgan fingerprint density at radius 3 is 2.24 bits per heavy atom. The summed E-state index contributed by atoms with van der Waals surface area (Å²) in [5.41, 5.74) is 1.29. The Labute approximate surface area is 197 Å². The van der Waals surface area contributed by atoms with Gasteiger partial charge in [-0.05, 0) is 49.9 Å². The Hall–Kier alpha value is -2.25. The molecule has 1 amide bonds. The van der Waals surface area contributed by atoms with Gasteiger partial charge < -0.3 is 20.4 Å². The van der Waals surface area contributed by atoms with Gasteiger partial charge in [0.2, 0.25) is 5.91 Å². The Balaban J connectivity index is 1.18. The van der Waals surface area contributed by atoms with Gasteiger partial charge in [0, 0.05) is 38.6 Å². The molecule has 6 nitrogen and oxygen atoms in total. The lowest BCUT2D eigenvalue weighted by Crippen LogP contribution is -2.61. The number of β-amino-alcohol motifs (C(OH)–C–C–N with tert-alkyl or cyclic N) is 1. The molecule has 2 aromatic carbocycles. The lowest BCUT2D eigenvalue weighted by atomic mass is 9.87. The van der Waals surface area contributed by atoms with Gasteiger partial charge in [-0.3, -0.25) is 9.69 Å². The number of aliphatic hydroxyl groups excluding tert-OH is 1. The number of likely N-dealkylation sites (tertiary alicyclic amines) is 2. The van der Waals surface area contributed by atoms with Crippen molar-refractivity contribution in [2.75, 3.05) is 32.7 Å². The average Bonchev–Trinajstić information content (AvgIpc) is 2.85. The first-order valence-corrected chi connectivity index (χ1v) is 12.2. The molecular formula is C27H37N3O3. The second kappa shape index (κ2) is 11.3.